The average Bonchev–Trinajstić information content (AvgIpc) is 2.83. The van der Waals surface area contributed by atoms with Gasteiger partial charge in [-0.25, -0.2) is 4.79 Å². The van der Waals surface area contributed by atoms with Gasteiger partial charge in [0.25, 0.3) is 0 Å². The van der Waals surface area contributed by atoms with Gasteiger partial charge in [0.2, 0.25) is 5.91 Å². The fourth-order valence-electron chi connectivity index (χ4n) is 3.63. The molecule has 1 aliphatic rings. The second-order valence-corrected chi connectivity index (χ2v) is 7.31. The van der Waals surface area contributed by atoms with Crippen molar-refractivity contribution in [1.82, 2.24) is 4.57 Å². The quantitative estimate of drug-likeness (QED) is 0.269. The molecule has 1 N–H and O–H groups in total. The molecule has 0 saturated carbocycles. The van der Waals surface area contributed by atoms with Gasteiger partial charge in [-0.2, -0.15) is 0 Å². The fourth-order valence-corrected chi connectivity index (χ4v) is 3.63. The predicted octanol–water partition coefficient (Wildman–Crippen LogP) is 1.96. The van der Waals surface area contributed by atoms with Crippen LogP contribution in [-0.2, 0) is 16.1 Å². The molecule has 11 heteroatoms. The third-order valence-electron chi connectivity index (χ3n) is 5.21. The Morgan fingerprint density at radius 1 is 0.971 bits per heavy atom. The minimum atomic E-state index is -1.09. The molecule has 3 aromatic rings. The molecule has 0 radical (unpaired) electrons. The summed E-state index contributed by atoms with van der Waals surface area (Å²) in [6.07, 6.45) is 0.979. The lowest BCUT2D eigenvalue weighted by Gasteiger charge is -2.18. The third-order valence-corrected chi connectivity index (χ3v) is 5.21. The zero-order valence-corrected chi connectivity index (χ0v) is 17.6. The average molecular weight is 461 g/mol. The number of nitro groups is 1. The molecule has 0 aliphatic heterocycles. The third kappa shape index (κ3) is 3.86. The van der Waals surface area contributed by atoms with E-state index in [1.165, 1.54) is 24.3 Å². The summed E-state index contributed by atoms with van der Waals surface area (Å²) in [5, 5.41) is 13.7. The number of anilines is 1. The van der Waals surface area contributed by atoms with Gasteiger partial charge < -0.3 is 10.1 Å². The first-order chi connectivity index (χ1) is 16.2. The van der Waals surface area contributed by atoms with Crippen LogP contribution in [0.3, 0.4) is 0 Å². The molecular formula is C23H15N3O8. The fraction of sp³-hybridized carbons (Fsp3) is 0.0870. The standard InChI is InChI=1S/C23H15N3O8/c1-34-23(31)12-8-18(26(32)33)22(30)25(10-12)11-19(27)24-13-6-7-16-17(9-13)21(29)15-5-3-2-4-14(15)20(16)28/h2-10H,11H2,1H3,(H,24,27). The summed E-state index contributed by atoms with van der Waals surface area (Å²) in [5.41, 5.74) is -1.23. The van der Waals surface area contributed by atoms with Crippen LogP contribution >= 0.6 is 0 Å². The van der Waals surface area contributed by atoms with E-state index in [4.69, 9.17) is 0 Å². The van der Waals surface area contributed by atoms with Gasteiger partial charge in [-0.15, -0.1) is 0 Å². The van der Waals surface area contributed by atoms with E-state index in [0.717, 1.165) is 19.4 Å². The lowest BCUT2D eigenvalue weighted by Crippen LogP contribution is -2.30. The molecule has 1 aromatic heterocycles. The van der Waals surface area contributed by atoms with Crippen molar-refractivity contribution in [1.29, 1.82) is 0 Å². The smallest absolute Gasteiger partial charge is 0.339 e. The number of esters is 1. The molecule has 0 spiro atoms. The molecule has 0 fully saturated rings. The van der Waals surface area contributed by atoms with Gasteiger partial charge in [0, 0.05) is 40.2 Å². The van der Waals surface area contributed by atoms with Crippen molar-refractivity contribution in [2.75, 3.05) is 12.4 Å². The van der Waals surface area contributed by atoms with Gasteiger partial charge in [-0.05, 0) is 18.2 Å². The van der Waals surface area contributed by atoms with Crippen molar-refractivity contribution in [2.45, 2.75) is 6.54 Å². The zero-order chi connectivity index (χ0) is 24.6. The zero-order valence-electron chi connectivity index (χ0n) is 17.6. The molecular weight excluding hydrogens is 446 g/mol. The highest BCUT2D eigenvalue weighted by molar-refractivity contribution is 6.28. The van der Waals surface area contributed by atoms with E-state index in [2.05, 4.69) is 10.1 Å². The maximum Gasteiger partial charge on any atom is 0.339 e. The van der Waals surface area contributed by atoms with Crippen LogP contribution in [0.5, 0.6) is 0 Å². The Kier molecular flexibility index (Phi) is 5.60. The summed E-state index contributed by atoms with van der Waals surface area (Å²) < 4.78 is 5.24. The van der Waals surface area contributed by atoms with Crippen LogP contribution in [0.2, 0.25) is 0 Å². The molecule has 1 amide bonds. The van der Waals surface area contributed by atoms with Crippen LogP contribution in [0.1, 0.15) is 42.2 Å². The van der Waals surface area contributed by atoms with E-state index in [0.29, 0.717) is 10.1 Å². The highest BCUT2D eigenvalue weighted by Gasteiger charge is 2.29. The maximum atomic E-state index is 12.8. The number of methoxy groups -OCH3 is 1. The van der Waals surface area contributed by atoms with Crippen molar-refractivity contribution in [3.05, 3.63) is 103 Å². The van der Waals surface area contributed by atoms with Crippen molar-refractivity contribution < 1.29 is 28.8 Å². The van der Waals surface area contributed by atoms with E-state index < -0.39 is 34.6 Å². The number of nitrogens with zero attached hydrogens (tertiary/aromatic N) is 2. The molecule has 1 heterocycles. The summed E-state index contributed by atoms with van der Waals surface area (Å²) in [6, 6.07) is 11.4. The van der Waals surface area contributed by atoms with Crippen LogP contribution in [0.25, 0.3) is 0 Å². The number of aromatic nitrogens is 1. The van der Waals surface area contributed by atoms with Gasteiger partial charge in [0.1, 0.15) is 6.54 Å². The Balaban J connectivity index is 1.62. The lowest BCUT2D eigenvalue weighted by atomic mass is 9.84. The molecule has 2 aromatic carbocycles. The van der Waals surface area contributed by atoms with Crippen molar-refractivity contribution in [3.63, 3.8) is 0 Å². The molecule has 0 bridgehead atoms. The van der Waals surface area contributed by atoms with Crippen LogP contribution in [0, 0.1) is 10.1 Å². The van der Waals surface area contributed by atoms with Crippen LogP contribution in [-0.4, -0.2) is 40.0 Å². The normalized spacial score (nSPS) is 11.9. The Hall–Kier alpha value is -4.93. The van der Waals surface area contributed by atoms with Crippen molar-refractivity contribution in [2.24, 2.45) is 0 Å². The monoisotopic (exact) mass is 461 g/mol. The van der Waals surface area contributed by atoms with Gasteiger partial charge in [0.05, 0.1) is 17.6 Å². The number of ether oxygens (including phenoxy) is 1. The van der Waals surface area contributed by atoms with Crippen LogP contribution in [0.15, 0.2) is 59.5 Å². The topological polar surface area (TPSA) is 155 Å². The highest BCUT2D eigenvalue weighted by atomic mass is 16.6. The first kappa shape index (κ1) is 22.3. The number of fused-ring (bicyclic) bond motifs is 2. The number of amides is 1. The predicted molar refractivity (Wildman–Crippen MR) is 117 cm³/mol. The van der Waals surface area contributed by atoms with E-state index in [1.807, 2.05) is 0 Å². The molecule has 11 nitrogen and oxygen atoms in total. The number of rotatable bonds is 5. The van der Waals surface area contributed by atoms with E-state index >= 15 is 0 Å². The Labute approximate surface area is 190 Å². The van der Waals surface area contributed by atoms with Gasteiger partial charge >= 0.3 is 17.2 Å². The number of ketones is 2. The lowest BCUT2D eigenvalue weighted by molar-refractivity contribution is -0.386. The summed E-state index contributed by atoms with van der Waals surface area (Å²) >= 11 is 0. The first-order valence-corrected chi connectivity index (χ1v) is 9.80. The van der Waals surface area contributed by atoms with Gasteiger partial charge in [-0.1, -0.05) is 24.3 Å². The molecule has 4 rings (SSSR count). The minimum Gasteiger partial charge on any atom is -0.465 e. The molecule has 1 aliphatic carbocycles. The van der Waals surface area contributed by atoms with E-state index in [-0.39, 0.29) is 39.5 Å². The Morgan fingerprint density at radius 2 is 1.59 bits per heavy atom. The van der Waals surface area contributed by atoms with E-state index in [9.17, 15) is 34.1 Å². The molecule has 0 saturated heterocycles. The summed E-state index contributed by atoms with van der Waals surface area (Å²) in [5.74, 6) is -2.37. The molecule has 0 atom stereocenters. The van der Waals surface area contributed by atoms with Crippen molar-refractivity contribution in [3.8, 4) is 0 Å². The van der Waals surface area contributed by atoms with Gasteiger partial charge in [0.15, 0.2) is 11.6 Å². The Bertz CT molecular complexity index is 1470. The number of hydrogen-bond acceptors (Lipinski definition) is 8. The second kappa shape index (κ2) is 8.54. The van der Waals surface area contributed by atoms with Crippen LogP contribution < -0.4 is 10.9 Å². The SMILES string of the molecule is COC(=O)c1cc([N+](=O)[O-])c(=O)n(CC(=O)Nc2ccc3c(c2)C(=O)c2ccccc2C3=O)c1. The molecule has 34 heavy (non-hydrogen) atoms. The Morgan fingerprint density at radius 3 is 2.21 bits per heavy atom. The number of nitrogens with one attached hydrogen (secondary N) is 1. The summed E-state index contributed by atoms with van der Waals surface area (Å²) in [6.45, 7) is -0.655. The highest BCUT2D eigenvalue weighted by Crippen LogP contribution is 2.29. The van der Waals surface area contributed by atoms with Crippen molar-refractivity contribution >= 4 is 34.8 Å². The number of carbonyl (C=O) groups is 4. The number of hydrogen-bond donors (Lipinski definition) is 1. The maximum absolute atomic E-state index is 12.8. The second-order valence-electron chi connectivity index (χ2n) is 7.31. The summed E-state index contributed by atoms with van der Waals surface area (Å²) in [4.78, 5) is 72.5. The van der Waals surface area contributed by atoms with Crippen LogP contribution in [0.4, 0.5) is 11.4 Å². The largest absolute Gasteiger partial charge is 0.465 e. The summed E-state index contributed by atoms with van der Waals surface area (Å²) in [7, 11) is 1.07. The van der Waals surface area contributed by atoms with Gasteiger partial charge in [-0.3, -0.25) is 33.9 Å². The first-order valence-electron chi connectivity index (χ1n) is 9.80. The van der Waals surface area contributed by atoms with E-state index in [1.54, 1.807) is 18.2 Å². The number of benzene rings is 2. The molecule has 0 unspecified atom stereocenters. The number of pyridine rings is 1. The number of carbonyl (C=O) groups excluding carboxylic acids is 4. The minimum absolute atomic E-state index is 0.113. The molecule has 170 valence electrons.